The maximum Gasteiger partial charge on any atom is 0.356 e. The highest BCUT2D eigenvalue weighted by molar-refractivity contribution is 7.89. The quantitative estimate of drug-likeness (QED) is 0.319. The number of nitrogens with zero attached hydrogens (tertiary/aromatic N) is 2. The van der Waals surface area contributed by atoms with E-state index in [0.717, 1.165) is 5.56 Å². The molecule has 0 bridgehead atoms. The molecule has 0 saturated carbocycles. The minimum absolute atomic E-state index is 0.00415. The Morgan fingerprint density at radius 1 is 1.14 bits per heavy atom. The number of ether oxygens (including phenoxy) is 2. The summed E-state index contributed by atoms with van der Waals surface area (Å²) in [5.41, 5.74) is 1.60. The summed E-state index contributed by atoms with van der Waals surface area (Å²) in [4.78, 5) is 23.8. The summed E-state index contributed by atoms with van der Waals surface area (Å²) in [5, 5.41) is 16.6. The fourth-order valence-corrected chi connectivity index (χ4v) is 4.56. The highest BCUT2D eigenvalue weighted by atomic mass is 32.2. The molecule has 1 heterocycles. The number of carbonyl (C=O) groups excluding carboxylic acids is 1. The van der Waals surface area contributed by atoms with Crippen LogP contribution in [0.2, 0.25) is 0 Å². The number of amides is 1. The molecular weight excluding hydrogens is 500 g/mol. The number of nitrogens with one attached hydrogen (secondary N) is 2. The summed E-state index contributed by atoms with van der Waals surface area (Å²) < 4.78 is 41.2. The second kappa shape index (κ2) is 11.5. The van der Waals surface area contributed by atoms with Crippen LogP contribution in [0.25, 0.3) is 5.69 Å². The molecule has 37 heavy (non-hydrogen) atoms. The van der Waals surface area contributed by atoms with E-state index in [1.165, 1.54) is 36.9 Å². The standard InChI is InChI=1S/C25H30N4O7S/c1-15(2)23(30)27-18-10-11-20(21(14-18)37(33,34)26-12-13-35-5)36-24-17(4)22(25(31)32)28-29(24)19-9-7-6-8-16(19)3/h6-11,14-15,26H,12-13H2,1-5H3,(H,27,30)(H,31,32). The summed E-state index contributed by atoms with van der Waals surface area (Å²) >= 11 is 0. The van der Waals surface area contributed by atoms with Crippen molar-refractivity contribution in [2.45, 2.75) is 32.6 Å². The number of rotatable bonds is 11. The van der Waals surface area contributed by atoms with Gasteiger partial charge in [-0.15, -0.1) is 0 Å². The van der Waals surface area contributed by atoms with Crippen LogP contribution in [0.5, 0.6) is 11.6 Å². The van der Waals surface area contributed by atoms with Crippen molar-refractivity contribution < 1.29 is 32.6 Å². The molecule has 0 saturated heterocycles. The van der Waals surface area contributed by atoms with Crippen LogP contribution in [0, 0.1) is 19.8 Å². The molecule has 0 unspecified atom stereocenters. The van der Waals surface area contributed by atoms with Crippen LogP contribution < -0.4 is 14.8 Å². The van der Waals surface area contributed by atoms with Gasteiger partial charge in [0, 0.05) is 30.8 Å². The van der Waals surface area contributed by atoms with Gasteiger partial charge in [0.05, 0.1) is 12.3 Å². The topological polar surface area (TPSA) is 149 Å². The van der Waals surface area contributed by atoms with Gasteiger partial charge in [-0.3, -0.25) is 4.79 Å². The summed E-state index contributed by atoms with van der Waals surface area (Å²) in [6, 6.07) is 11.4. The zero-order valence-corrected chi connectivity index (χ0v) is 22.0. The lowest BCUT2D eigenvalue weighted by Crippen LogP contribution is -2.28. The first kappa shape index (κ1) is 27.8. The second-order valence-electron chi connectivity index (χ2n) is 8.58. The average molecular weight is 531 g/mol. The lowest BCUT2D eigenvalue weighted by Gasteiger charge is -2.17. The molecule has 3 N–H and O–H groups in total. The van der Waals surface area contributed by atoms with Crippen LogP contribution in [-0.2, 0) is 19.6 Å². The molecule has 198 valence electrons. The third-order valence-corrected chi connectivity index (χ3v) is 6.93. The van der Waals surface area contributed by atoms with Crippen molar-refractivity contribution in [3.63, 3.8) is 0 Å². The maximum absolute atomic E-state index is 13.2. The number of hydrogen-bond donors (Lipinski definition) is 3. The number of carboxylic acids is 1. The van der Waals surface area contributed by atoms with Gasteiger partial charge in [0.15, 0.2) is 5.69 Å². The third kappa shape index (κ3) is 6.34. The van der Waals surface area contributed by atoms with Crippen molar-refractivity contribution >= 4 is 27.6 Å². The monoisotopic (exact) mass is 530 g/mol. The number of hydrogen-bond acceptors (Lipinski definition) is 7. The number of aromatic carboxylic acids is 1. The van der Waals surface area contributed by atoms with Crippen LogP contribution >= 0.6 is 0 Å². The number of anilines is 1. The zero-order valence-electron chi connectivity index (χ0n) is 21.2. The van der Waals surface area contributed by atoms with Gasteiger partial charge >= 0.3 is 5.97 Å². The van der Waals surface area contributed by atoms with E-state index >= 15 is 0 Å². The molecule has 0 aliphatic carbocycles. The molecule has 0 spiro atoms. The Morgan fingerprint density at radius 2 is 1.84 bits per heavy atom. The van der Waals surface area contributed by atoms with Crippen molar-refractivity contribution in [1.29, 1.82) is 0 Å². The first-order valence-electron chi connectivity index (χ1n) is 11.5. The smallest absolute Gasteiger partial charge is 0.356 e. The molecule has 0 atom stereocenters. The predicted molar refractivity (Wildman–Crippen MR) is 137 cm³/mol. The minimum Gasteiger partial charge on any atom is -0.476 e. The minimum atomic E-state index is -4.12. The van der Waals surface area contributed by atoms with Crippen LogP contribution in [0.1, 0.15) is 35.5 Å². The molecule has 0 fully saturated rings. The van der Waals surface area contributed by atoms with Gasteiger partial charge in [-0.05, 0) is 43.7 Å². The first-order chi connectivity index (χ1) is 17.5. The van der Waals surface area contributed by atoms with Gasteiger partial charge < -0.3 is 19.9 Å². The van der Waals surface area contributed by atoms with E-state index in [0.29, 0.717) is 5.69 Å². The largest absolute Gasteiger partial charge is 0.476 e. The number of sulfonamides is 1. The first-order valence-corrected chi connectivity index (χ1v) is 12.9. The molecule has 3 aromatic rings. The SMILES string of the molecule is COCCNS(=O)(=O)c1cc(NC(=O)C(C)C)ccc1Oc1c(C)c(C(=O)O)nn1-c1ccccc1C. The van der Waals surface area contributed by atoms with Gasteiger partial charge in [-0.2, -0.15) is 9.78 Å². The van der Waals surface area contributed by atoms with E-state index in [4.69, 9.17) is 9.47 Å². The van der Waals surface area contributed by atoms with Crippen LogP contribution in [0.15, 0.2) is 47.4 Å². The van der Waals surface area contributed by atoms with Crippen LogP contribution in [0.4, 0.5) is 5.69 Å². The highest BCUT2D eigenvalue weighted by Gasteiger charge is 2.27. The fraction of sp³-hybridized carbons (Fsp3) is 0.320. The molecule has 0 aliphatic rings. The Balaban J connectivity index is 2.16. The van der Waals surface area contributed by atoms with Crippen LogP contribution in [0.3, 0.4) is 0 Å². The van der Waals surface area contributed by atoms with Crippen molar-refractivity contribution in [3.05, 3.63) is 59.3 Å². The second-order valence-corrected chi connectivity index (χ2v) is 10.3. The number of methoxy groups -OCH3 is 1. The van der Waals surface area contributed by atoms with E-state index in [1.807, 2.05) is 19.1 Å². The van der Waals surface area contributed by atoms with Gasteiger partial charge in [-0.25, -0.2) is 17.9 Å². The van der Waals surface area contributed by atoms with Gasteiger partial charge in [0.1, 0.15) is 10.6 Å². The number of para-hydroxylation sites is 1. The molecule has 1 aromatic heterocycles. The van der Waals surface area contributed by atoms with Gasteiger partial charge in [0.25, 0.3) is 0 Å². The number of benzene rings is 2. The normalized spacial score (nSPS) is 11.5. The Kier molecular flexibility index (Phi) is 8.69. The van der Waals surface area contributed by atoms with Crippen molar-refractivity contribution in [3.8, 4) is 17.3 Å². The van der Waals surface area contributed by atoms with E-state index in [-0.39, 0.29) is 58.4 Å². The number of aryl methyl sites for hydroxylation is 1. The molecule has 0 aliphatic heterocycles. The van der Waals surface area contributed by atoms with Crippen LogP contribution in [-0.4, -0.2) is 55.4 Å². The fourth-order valence-electron chi connectivity index (χ4n) is 3.39. The van der Waals surface area contributed by atoms with Gasteiger partial charge in [-0.1, -0.05) is 32.0 Å². The Labute approximate surface area is 215 Å². The average Bonchev–Trinajstić information content (AvgIpc) is 3.16. The molecule has 2 aromatic carbocycles. The number of carboxylic acid groups (broad SMARTS) is 1. The predicted octanol–water partition coefficient (Wildman–Crippen LogP) is 3.50. The van der Waals surface area contributed by atoms with E-state index in [9.17, 15) is 23.1 Å². The van der Waals surface area contributed by atoms with Crippen molar-refractivity contribution in [2.24, 2.45) is 5.92 Å². The molecule has 3 rings (SSSR count). The lowest BCUT2D eigenvalue weighted by atomic mass is 10.2. The van der Waals surface area contributed by atoms with Crippen molar-refractivity contribution in [2.75, 3.05) is 25.6 Å². The summed E-state index contributed by atoms with van der Waals surface area (Å²) in [6.07, 6.45) is 0. The molecule has 1 amide bonds. The summed E-state index contributed by atoms with van der Waals surface area (Å²) in [5.74, 6) is -1.91. The number of aromatic nitrogens is 2. The van der Waals surface area contributed by atoms with E-state index < -0.39 is 16.0 Å². The van der Waals surface area contributed by atoms with Gasteiger partial charge in [0.2, 0.25) is 21.8 Å². The zero-order chi connectivity index (χ0) is 27.3. The summed E-state index contributed by atoms with van der Waals surface area (Å²) in [6.45, 7) is 6.93. The Morgan fingerprint density at radius 3 is 2.46 bits per heavy atom. The highest BCUT2D eigenvalue weighted by Crippen LogP contribution is 2.35. The van der Waals surface area contributed by atoms with E-state index in [2.05, 4.69) is 15.1 Å². The third-order valence-electron chi connectivity index (χ3n) is 5.44. The Bertz CT molecular complexity index is 1410. The summed E-state index contributed by atoms with van der Waals surface area (Å²) in [7, 11) is -2.68. The molecule has 11 nitrogen and oxygen atoms in total. The van der Waals surface area contributed by atoms with E-state index in [1.54, 1.807) is 26.0 Å². The Hall–Kier alpha value is -3.74. The maximum atomic E-state index is 13.2. The number of carbonyl (C=O) groups is 2. The molecule has 12 heteroatoms. The lowest BCUT2D eigenvalue weighted by molar-refractivity contribution is -0.118. The van der Waals surface area contributed by atoms with Crippen molar-refractivity contribution in [1.82, 2.24) is 14.5 Å². The molecule has 0 radical (unpaired) electrons. The molecular formula is C25H30N4O7S.